The first kappa shape index (κ1) is 22.2. The van der Waals surface area contributed by atoms with Gasteiger partial charge in [-0.2, -0.15) is 0 Å². The van der Waals surface area contributed by atoms with E-state index in [9.17, 15) is 9.59 Å². The van der Waals surface area contributed by atoms with Crippen molar-refractivity contribution < 1.29 is 19.1 Å². The quantitative estimate of drug-likeness (QED) is 0.612. The molecule has 2 aromatic rings. The number of benzene rings is 2. The second-order valence-corrected chi connectivity index (χ2v) is 8.12. The summed E-state index contributed by atoms with van der Waals surface area (Å²) >= 11 is 11.7. The van der Waals surface area contributed by atoms with Gasteiger partial charge in [0.05, 0.1) is 0 Å². The number of amides is 2. The van der Waals surface area contributed by atoms with Crippen LogP contribution in [0, 0.1) is 0 Å². The topological polar surface area (TPSA) is 76.7 Å². The van der Waals surface area contributed by atoms with E-state index in [0.29, 0.717) is 10.0 Å². The summed E-state index contributed by atoms with van der Waals surface area (Å²) in [7, 11) is 0. The van der Waals surface area contributed by atoms with Gasteiger partial charge in [-0.05, 0) is 61.1 Å². The van der Waals surface area contributed by atoms with Crippen LogP contribution in [-0.2, 0) is 22.7 Å². The number of alkyl carbamates (subject to hydrolysis) is 2. The Bertz CT molecular complexity index is 764. The van der Waals surface area contributed by atoms with Gasteiger partial charge in [0.2, 0.25) is 0 Å². The van der Waals surface area contributed by atoms with Crippen molar-refractivity contribution >= 4 is 35.4 Å². The summed E-state index contributed by atoms with van der Waals surface area (Å²) in [6.45, 7) is 0.388. The van der Waals surface area contributed by atoms with Gasteiger partial charge in [-0.25, -0.2) is 9.59 Å². The van der Waals surface area contributed by atoms with Crippen LogP contribution in [-0.4, -0.2) is 24.3 Å². The van der Waals surface area contributed by atoms with Crippen LogP contribution in [0.25, 0.3) is 0 Å². The van der Waals surface area contributed by atoms with Crippen LogP contribution in [0.3, 0.4) is 0 Å². The van der Waals surface area contributed by atoms with Crippen molar-refractivity contribution in [1.82, 2.24) is 10.6 Å². The molecule has 0 spiro atoms. The molecular formula is C22H24Cl2N2O4. The number of halogens is 2. The predicted octanol–water partition coefficient (Wildman–Crippen LogP) is 5.46. The molecule has 0 unspecified atom stereocenters. The van der Waals surface area contributed by atoms with Gasteiger partial charge in [0, 0.05) is 22.1 Å². The summed E-state index contributed by atoms with van der Waals surface area (Å²) < 4.78 is 10.5. The van der Waals surface area contributed by atoms with Crippen molar-refractivity contribution in [2.45, 2.75) is 51.0 Å². The zero-order chi connectivity index (χ0) is 21.3. The van der Waals surface area contributed by atoms with Crippen LogP contribution in [0.1, 0.15) is 36.8 Å². The zero-order valence-corrected chi connectivity index (χ0v) is 17.9. The minimum atomic E-state index is -0.441. The summed E-state index contributed by atoms with van der Waals surface area (Å²) in [5.74, 6) is 0. The van der Waals surface area contributed by atoms with Crippen LogP contribution in [0.2, 0.25) is 10.0 Å². The van der Waals surface area contributed by atoms with Crippen LogP contribution >= 0.6 is 23.2 Å². The molecule has 2 aromatic carbocycles. The van der Waals surface area contributed by atoms with E-state index in [1.165, 1.54) is 0 Å². The SMILES string of the molecule is O=C(N[C@H]1CC[C@H](NC(=O)OCc2ccc(Cl)cc2)CC1)OCc1ccc(Cl)cc1. The third-order valence-corrected chi connectivity index (χ3v) is 5.44. The molecule has 1 fully saturated rings. The maximum atomic E-state index is 12.0. The number of nitrogens with one attached hydrogen (secondary N) is 2. The molecule has 6 nitrogen and oxygen atoms in total. The average molecular weight is 451 g/mol. The largest absolute Gasteiger partial charge is 0.445 e. The molecule has 0 aromatic heterocycles. The fourth-order valence-electron chi connectivity index (χ4n) is 3.26. The maximum Gasteiger partial charge on any atom is 0.407 e. The van der Waals surface area contributed by atoms with Crippen molar-refractivity contribution in [2.24, 2.45) is 0 Å². The molecule has 0 atom stereocenters. The van der Waals surface area contributed by atoms with E-state index < -0.39 is 12.2 Å². The van der Waals surface area contributed by atoms with Crippen LogP contribution in [0.5, 0.6) is 0 Å². The maximum absolute atomic E-state index is 12.0. The Morgan fingerprint density at radius 3 is 1.37 bits per heavy atom. The van der Waals surface area contributed by atoms with Crippen molar-refractivity contribution in [3.8, 4) is 0 Å². The number of carbonyl (C=O) groups excluding carboxylic acids is 2. The minimum Gasteiger partial charge on any atom is -0.445 e. The zero-order valence-electron chi connectivity index (χ0n) is 16.4. The fraction of sp³-hybridized carbons (Fsp3) is 0.364. The molecule has 1 aliphatic carbocycles. The molecule has 1 saturated carbocycles. The Hall–Kier alpha value is -2.44. The lowest BCUT2D eigenvalue weighted by molar-refractivity contribution is 0.125. The highest BCUT2D eigenvalue weighted by Crippen LogP contribution is 2.19. The summed E-state index contributed by atoms with van der Waals surface area (Å²) in [6, 6.07) is 14.4. The molecule has 0 saturated heterocycles. The molecular weight excluding hydrogens is 427 g/mol. The van der Waals surface area contributed by atoms with Gasteiger partial charge in [0.1, 0.15) is 13.2 Å². The summed E-state index contributed by atoms with van der Waals surface area (Å²) in [5, 5.41) is 7.05. The highest BCUT2D eigenvalue weighted by atomic mass is 35.5. The lowest BCUT2D eigenvalue weighted by Crippen LogP contribution is -2.44. The Morgan fingerprint density at radius 1 is 0.700 bits per heavy atom. The molecule has 30 heavy (non-hydrogen) atoms. The first-order chi connectivity index (χ1) is 14.5. The van der Waals surface area contributed by atoms with Gasteiger partial charge in [0.15, 0.2) is 0 Å². The summed E-state index contributed by atoms with van der Waals surface area (Å²) in [5.41, 5.74) is 1.75. The highest BCUT2D eigenvalue weighted by Gasteiger charge is 2.24. The van der Waals surface area contributed by atoms with E-state index in [1.54, 1.807) is 24.3 Å². The smallest absolute Gasteiger partial charge is 0.407 e. The van der Waals surface area contributed by atoms with Gasteiger partial charge >= 0.3 is 12.2 Å². The van der Waals surface area contributed by atoms with Crippen molar-refractivity contribution in [3.63, 3.8) is 0 Å². The first-order valence-electron chi connectivity index (χ1n) is 9.83. The molecule has 1 aliphatic rings. The van der Waals surface area contributed by atoms with Crippen molar-refractivity contribution in [1.29, 1.82) is 0 Å². The van der Waals surface area contributed by atoms with Gasteiger partial charge in [-0.1, -0.05) is 47.5 Å². The fourth-order valence-corrected chi connectivity index (χ4v) is 3.51. The lowest BCUT2D eigenvalue weighted by atomic mass is 9.91. The van der Waals surface area contributed by atoms with Gasteiger partial charge in [-0.3, -0.25) is 0 Å². The summed E-state index contributed by atoms with van der Waals surface area (Å²) in [4.78, 5) is 24.0. The van der Waals surface area contributed by atoms with Crippen molar-refractivity contribution in [2.75, 3.05) is 0 Å². The Kier molecular flexibility index (Phi) is 8.22. The van der Waals surface area contributed by atoms with Crippen LogP contribution in [0.15, 0.2) is 48.5 Å². The summed E-state index contributed by atoms with van der Waals surface area (Å²) in [6.07, 6.45) is 2.17. The van der Waals surface area contributed by atoms with E-state index in [0.717, 1.165) is 36.8 Å². The third kappa shape index (κ3) is 7.43. The average Bonchev–Trinajstić information content (AvgIpc) is 2.74. The molecule has 0 aliphatic heterocycles. The molecule has 3 rings (SSSR count). The van der Waals surface area contributed by atoms with Gasteiger partial charge < -0.3 is 20.1 Å². The van der Waals surface area contributed by atoms with E-state index in [-0.39, 0.29) is 25.3 Å². The number of carbonyl (C=O) groups is 2. The number of hydrogen-bond donors (Lipinski definition) is 2. The molecule has 8 heteroatoms. The third-order valence-electron chi connectivity index (χ3n) is 4.94. The molecule has 0 bridgehead atoms. The monoisotopic (exact) mass is 450 g/mol. The number of ether oxygens (including phenoxy) is 2. The van der Waals surface area contributed by atoms with E-state index >= 15 is 0 Å². The second-order valence-electron chi connectivity index (χ2n) is 7.24. The van der Waals surface area contributed by atoms with Crippen LogP contribution in [0.4, 0.5) is 9.59 Å². The highest BCUT2D eigenvalue weighted by molar-refractivity contribution is 6.30. The first-order valence-corrected chi connectivity index (χ1v) is 10.6. The molecule has 2 N–H and O–H groups in total. The number of rotatable bonds is 6. The van der Waals surface area contributed by atoms with Gasteiger partial charge in [0.25, 0.3) is 0 Å². The molecule has 0 radical (unpaired) electrons. The van der Waals surface area contributed by atoms with Gasteiger partial charge in [-0.15, -0.1) is 0 Å². The lowest BCUT2D eigenvalue weighted by Gasteiger charge is -2.29. The van der Waals surface area contributed by atoms with E-state index in [1.807, 2.05) is 24.3 Å². The second kappa shape index (κ2) is 11.1. The molecule has 0 heterocycles. The van der Waals surface area contributed by atoms with E-state index in [2.05, 4.69) is 10.6 Å². The Labute approximate surface area is 185 Å². The predicted molar refractivity (Wildman–Crippen MR) is 116 cm³/mol. The Morgan fingerprint density at radius 2 is 1.03 bits per heavy atom. The Balaban J connectivity index is 1.31. The molecule has 160 valence electrons. The van der Waals surface area contributed by atoms with Crippen LogP contribution < -0.4 is 10.6 Å². The number of hydrogen-bond acceptors (Lipinski definition) is 4. The van der Waals surface area contributed by atoms with Crippen molar-refractivity contribution in [3.05, 3.63) is 69.7 Å². The normalized spacial score (nSPS) is 18.3. The van der Waals surface area contributed by atoms with E-state index in [4.69, 9.17) is 32.7 Å². The minimum absolute atomic E-state index is 0.0332. The standard InChI is InChI=1S/C22H24Cl2N2O4/c23-17-5-1-15(2-6-17)13-29-21(27)25-19-9-11-20(12-10-19)26-22(28)30-14-16-3-7-18(24)8-4-16/h1-8,19-20H,9-14H2,(H,25,27)(H,26,28)/t19-,20-. The molecule has 2 amide bonds.